The van der Waals surface area contributed by atoms with E-state index in [1.807, 2.05) is 31.2 Å². The van der Waals surface area contributed by atoms with Crippen molar-refractivity contribution in [2.45, 2.75) is 13.5 Å². The maximum absolute atomic E-state index is 13.5. The Labute approximate surface area is 235 Å². The lowest BCUT2D eigenvalue weighted by Gasteiger charge is -2.33. The lowest BCUT2D eigenvalue weighted by molar-refractivity contribution is -0.121. The standard InChI is InChI=1S/C31H22Cl2N2O4/c1-20-12-14-21(15-13-20)19-39-28-26(32)17-22(18-27(28)33)16-25-29(36)34(23-8-4-2-5-9-23)31(38)35(30(25)37)24-10-6-3-7-11-24/h2-18H,19H2,1H3. The molecule has 1 aliphatic rings. The average molecular weight is 557 g/mol. The number of urea groups is 1. The van der Waals surface area contributed by atoms with Crippen molar-refractivity contribution in [3.63, 3.8) is 0 Å². The van der Waals surface area contributed by atoms with Gasteiger partial charge in [0.2, 0.25) is 0 Å². The second kappa shape index (κ2) is 11.2. The molecule has 0 atom stereocenters. The highest BCUT2D eigenvalue weighted by atomic mass is 35.5. The maximum atomic E-state index is 13.5. The van der Waals surface area contributed by atoms with E-state index in [4.69, 9.17) is 27.9 Å². The van der Waals surface area contributed by atoms with Crippen LogP contribution in [-0.4, -0.2) is 17.8 Å². The molecule has 6 nitrogen and oxygen atoms in total. The van der Waals surface area contributed by atoms with Gasteiger partial charge in [-0.1, -0.05) is 89.4 Å². The first kappa shape index (κ1) is 26.2. The molecule has 39 heavy (non-hydrogen) atoms. The fourth-order valence-corrected chi connectivity index (χ4v) is 4.76. The number of nitrogens with zero attached hydrogens (tertiary/aromatic N) is 2. The summed E-state index contributed by atoms with van der Waals surface area (Å²) >= 11 is 13.0. The zero-order valence-corrected chi connectivity index (χ0v) is 22.3. The molecule has 1 fully saturated rings. The van der Waals surface area contributed by atoms with Crippen LogP contribution in [0.4, 0.5) is 16.2 Å². The van der Waals surface area contributed by atoms with Crippen LogP contribution in [0.15, 0.2) is 103 Å². The molecule has 194 valence electrons. The summed E-state index contributed by atoms with van der Waals surface area (Å²) in [6.45, 7) is 2.26. The number of hydrogen-bond acceptors (Lipinski definition) is 4. The summed E-state index contributed by atoms with van der Waals surface area (Å²) in [5.74, 6) is -1.22. The molecule has 1 aliphatic heterocycles. The Kier molecular flexibility index (Phi) is 7.50. The molecule has 0 saturated carbocycles. The molecule has 0 spiro atoms. The SMILES string of the molecule is Cc1ccc(COc2c(Cl)cc(C=C3C(=O)N(c4ccccc4)C(=O)N(c4ccccc4)C3=O)cc2Cl)cc1. The van der Waals surface area contributed by atoms with Gasteiger partial charge in [0.15, 0.2) is 5.75 Å². The highest BCUT2D eigenvalue weighted by Crippen LogP contribution is 2.36. The van der Waals surface area contributed by atoms with Gasteiger partial charge >= 0.3 is 6.03 Å². The van der Waals surface area contributed by atoms with Gasteiger partial charge in [-0.15, -0.1) is 0 Å². The van der Waals surface area contributed by atoms with E-state index in [0.717, 1.165) is 20.9 Å². The Morgan fingerprint density at radius 3 is 1.69 bits per heavy atom. The molecule has 4 amide bonds. The topological polar surface area (TPSA) is 66.9 Å². The van der Waals surface area contributed by atoms with Crippen LogP contribution in [0.3, 0.4) is 0 Å². The van der Waals surface area contributed by atoms with Crippen molar-refractivity contribution in [2.75, 3.05) is 9.80 Å². The van der Waals surface area contributed by atoms with Crippen molar-refractivity contribution >= 4 is 58.5 Å². The molecule has 1 heterocycles. The molecule has 0 bridgehead atoms. The van der Waals surface area contributed by atoms with Gasteiger partial charge in [0.1, 0.15) is 12.2 Å². The van der Waals surface area contributed by atoms with E-state index in [2.05, 4.69) is 0 Å². The predicted molar refractivity (Wildman–Crippen MR) is 153 cm³/mol. The summed E-state index contributed by atoms with van der Waals surface area (Å²) in [4.78, 5) is 42.5. The number of barbiturate groups is 1. The van der Waals surface area contributed by atoms with Crippen LogP contribution in [-0.2, 0) is 16.2 Å². The first-order chi connectivity index (χ1) is 18.8. The zero-order valence-electron chi connectivity index (χ0n) is 20.8. The summed E-state index contributed by atoms with van der Waals surface area (Å²) < 4.78 is 5.86. The van der Waals surface area contributed by atoms with Gasteiger partial charge in [0.25, 0.3) is 11.8 Å². The summed E-state index contributed by atoms with van der Waals surface area (Å²) in [6, 6.07) is 27.1. The third-order valence-electron chi connectivity index (χ3n) is 6.11. The zero-order chi connectivity index (χ0) is 27.5. The number of ether oxygens (including phenoxy) is 1. The average Bonchev–Trinajstić information content (AvgIpc) is 2.93. The molecular weight excluding hydrogens is 535 g/mol. The van der Waals surface area contributed by atoms with E-state index in [-0.39, 0.29) is 28.0 Å². The number of imide groups is 2. The van der Waals surface area contributed by atoms with Crippen LogP contribution in [0.25, 0.3) is 6.08 Å². The number of halogens is 2. The van der Waals surface area contributed by atoms with Crippen LogP contribution >= 0.6 is 23.2 Å². The van der Waals surface area contributed by atoms with Crippen LogP contribution in [0, 0.1) is 6.92 Å². The number of carbonyl (C=O) groups excluding carboxylic acids is 3. The van der Waals surface area contributed by atoms with Crippen LogP contribution in [0.5, 0.6) is 5.75 Å². The number of amides is 4. The van der Waals surface area contributed by atoms with Gasteiger partial charge in [0.05, 0.1) is 21.4 Å². The number of aryl methyl sites for hydroxylation is 1. The molecule has 1 saturated heterocycles. The summed E-state index contributed by atoms with van der Waals surface area (Å²) in [6.07, 6.45) is 1.38. The fourth-order valence-electron chi connectivity index (χ4n) is 4.15. The normalized spacial score (nSPS) is 13.6. The summed E-state index contributed by atoms with van der Waals surface area (Å²) in [5.41, 5.74) is 2.94. The second-order valence-electron chi connectivity index (χ2n) is 8.88. The molecule has 8 heteroatoms. The van der Waals surface area contributed by atoms with Crippen molar-refractivity contribution in [3.05, 3.63) is 129 Å². The van der Waals surface area contributed by atoms with Crippen molar-refractivity contribution in [1.29, 1.82) is 0 Å². The molecule has 0 radical (unpaired) electrons. The second-order valence-corrected chi connectivity index (χ2v) is 9.70. The van der Waals surface area contributed by atoms with E-state index in [1.165, 1.54) is 6.08 Å². The molecule has 0 aliphatic carbocycles. The van der Waals surface area contributed by atoms with E-state index >= 15 is 0 Å². The third kappa shape index (κ3) is 5.43. The van der Waals surface area contributed by atoms with Gasteiger partial charge < -0.3 is 4.74 Å². The van der Waals surface area contributed by atoms with E-state index < -0.39 is 17.8 Å². The van der Waals surface area contributed by atoms with Gasteiger partial charge in [-0.25, -0.2) is 14.6 Å². The first-order valence-electron chi connectivity index (χ1n) is 12.1. The number of rotatable bonds is 6. The summed E-state index contributed by atoms with van der Waals surface area (Å²) in [5, 5.41) is 0.432. The highest BCUT2D eigenvalue weighted by molar-refractivity contribution is 6.46. The van der Waals surface area contributed by atoms with Gasteiger partial charge in [-0.05, 0) is 60.5 Å². The predicted octanol–water partition coefficient (Wildman–Crippen LogP) is 7.46. The minimum atomic E-state index is -0.768. The molecule has 4 aromatic rings. The molecular formula is C31H22Cl2N2O4. The third-order valence-corrected chi connectivity index (χ3v) is 6.68. The van der Waals surface area contributed by atoms with Crippen molar-refractivity contribution < 1.29 is 19.1 Å². The lowest BCUT2D eigenvalue weighted by atomic mass is 10.0. The van der Waals surface area contributed by atoms with Crippen molar-refractivity contribution in [2.24, 2.45) is 0 Å². The van der Waals surface area contributed by atoms with E-state index in [9.17, 15) is 14.4 Å². The molecule has 0 aromatic heterocycles. The number of hydrogen-bond donors (Lipinski definition) is 0. The Balaban J connectivity index is 1.51. The van der Waals surface area contributed by atoms with Crippen LogP contribution in [0.2, 0.25) is 10.0 Å². The Morgan fingerprint density at radius 2 is 1.21 bits per heavy atom. The molecule has 0 unspecified atom stereocenters. The lowest BCUT2D eigenvalue weighted by Crippen LogP contribution is -2.57. The van der Waals surface area contributed by atoms with E-state index in [0.29, 0.717) is 16.9 Å². The smallest absolute Gasteiger partial charge is 0.343 e. The quantitative estimate of drug-likeness (QED) is 0.182. The van der Waals surface area contributed by atoms with Gasteiger partial charge in [0, 0.05) is 0 Å². The Bertz CT molecular complexity index is 1500. The van der Waals surface area contributed by atoms with Crippen molar-refractivity contribution in [3.8, 4) is 5.75 Å². The number of benzene rings is 4. The first-order valence-corrected chi connectivity index (χ1v) is 12.8. The van der Waals surface area contributed by atoms with E-state index in [1.54, 1.807) is 72.8 Å². The monoisotopic (exact) mass is 556 g/mol. The minimum Gasteiger partial charge on any atom is -0.486 e. The largest absolute Gasteiger partial charge is 0.486 e. The number of anilines is 2. The molecule has 5 rings (SSSR count). The van der Waals surface area contributed by atoms with Crippen LogP contribution < -0.4 is 14.5 Å². The van der Waals surface area contributed by atoms with Gasteiger partial charge in [-0.2, -0.15) is 0 Å². The highest BCUT2D eigenvalue weighted by Gasteiger charge is 2.43. The number of carbonyl (C=O) groups is 3. The Morgan fingerprint density at radius 1 is 0.718 bits per heavy atom. The summed E-state index contributed by atoms with van der Waals surface area (Å²) in [7, 11) is 0. The fraction of sp³-hybridized carbons (Fsp3) is 0.0645. The van der Waals surface area contributed by atoms with Crippen LogP contribution in [0.1, 0.15) is 16.7 Å². The molecule has 0 N–H and O–H groups in total. The van der Waals surface area contributed by atoms with Gasteiger partial charge in [-0.3, -0.25) is 9.59 Å². The Hall–Kier alpha value is -4.39. The number of para-hydroxylation sites is 2. The maximum Gasteiger partial charge on any atom is 0.343 e. The van der Waals surface area contributed by atoms with Crippen molar-refractivity contribution in [1.82, 2.24) is 0 Å². The molecule has 4 aromatic carbocycles. The minimum absolute atomic E-state index is 0.216.